The Morgan fingerprint density at radius 1 is 1.09 bits per heavy atom. The molecule has 1 saturated heterocycles. The van der Waals surface area contributed by atoms with E-state index in [4.69, 9.17) is 0 Å². The van der Waals surface area contributed by atoms with Gasteiger partial charge < -0.3 is 5.32 Å². The second-order valence-corrected chi connectivity index (χ2v) is 6.57. The number of rotatable bonds is 7. The molecule has 0 saturated carbocycles. The number of carbonyl (C=O) groups is 1. The van der Waals surface area contributed by atoms with E-state index in [0.717, 1.165) is 45.7 Å². The molecule has 22 heavy (non-hydrogen) atoms. The Morgan fingerprint density at radius 3 is 2.36 bits per heavy atom. The third kappa shape index (κ3) is 6.16. The molecular formula is C18H29N3O. The Kier molecular flexibility index (Phi) is 6.87. The number of amides is 1. The van der Waals surface area contributed by atoms with Gasteiger partial charge in [-0.15, -0.1) is 0 Å². The van der Waals surface area contributed by atoms with Gasteiger partial charge in [0.05, 0.1) is 6.54 Å². The van der Waals surface area contributed by atoms with Crippen LogP contribution in [0, 0.1) is 5.92 Å². The van der Waals surface area contributed by atoms with Crippen LogP contribution in [0.1, 0.15) is 25.8 Å². The molecule has 0 unspecified atom stereocenters. The van der Waals surface area contributed by atoms with Crippen LogP contribution in [0.2, 0.25) is 0 Å². The van der Waals surface area contributed by atoms with Crippen LogP contribution < -0.4 is 5.32 Å². The lowest BCUT2D eigenvalue weighted by Gasteiger charge is -2.34. The molecule has 1 N–H and O–H groups in total. The topological polar surface area (TPSA) is 35.6 Å². The molecule has 0 bridgehead atoms. The third-order valence-corrected chi connectivity index (χ3v) is 4.12. The molecule has 0 radical (unpaired) electrons. The van der Waals surface area contributed by atoms with Crippen LogP contribution in [0.25, 0.3) is 0 Å². The fraction of sp³-hybridized carbons (Fsp3) is 0.611. The number of piperazine rings is 1. The molecule has 0 atom stereocenters. The van der Waals surface area contributed by atoms with Crippen LogP contribution in [0.5, 0.6) is 0 Å². The Hall–Kier alpha value is -1.39. The van der Waals surface area contributed by atoms with E-state index >= 15 is 0 Å². The van der Waals surface area contributed by atoms with E-state index in [1.165, 1.54) is 5.56 Å². The molecule has 122 valence electrons. The molecule has 0 aromatic heterocycles. The summed E-state index contributed by atoms with van der Waals surface area (Å²) in [6.07, 6.45) is 1.05. The van der Waals surface area contributed by atoms with Crippen molar-refractivity contribution >= 4 is 5.91 Å². The van der Waals surface area contributed by atoms with Gasteiger partial charge in [0.1, 0.15) is 0 Å². The fourth-order valence-electron chi connectivity index (χ4n) is 2.71. The molecular weight excluding hydrogens is 274 g/mol. The molecule has 1 aromatic carbocycles. The van der Waals surface area contributed by atoms with E-state index in [1.807, 2.05) is 0 Å². The zero-order valence-electron chi connectivity index (χ0n) is 13.9. The normalized spacial score (nSPS) is 16.9. The van der Waals surface area contributed by atoms with Gasteiger partial charge in [0, 0.05) is 39.3 Å². The minimum absolute atomic E-state index is 0.164. The minimum Gasteiger partial charge on any atom is -0.355 e. The number of hydrogen-bond acceptors (Lipinski definition) is 3. The highest BCUT2D eigenvalue weighted by atomic mass is 16.2. The van der Waals surface area contributed by atoms with Crippen molar-refractivity contribution in [1.82, 2.24) is 15.1 Å². The average Bonchev–Trinajstić information content (AvgIpc) is 2.50. The Bertz CT molecular complexity index is 439. The molecule has 1 amide bonds. The van der Waals surface area contributed by atoms with Gasteiger partial charge in [0.15, 0.2) is 0 Å². The Labute approximate surface area is 134 Å². The van der Waals surface area contributed by atoms with Gasteiger partial charge in [0.25, 0.3) is 0 Å². The van der Waals surface area contributed by atoms with Crippen molar-refractivity contribution in [3.63, 3.8) is 0 Å². The van der Waals surface area contributed by atoms with E-state index in [1.54, 1.807) is 0 Å². The standard InChI is InChI=1S/C18H29N3O/c1-16(2)8-9-19-18(22)15-21-12-10-20(11-13-21)14-17-6-4-3-5-7-17/h3-7,16H,8-15H2,1-2H3,(H,19,22). The zero-order valence-corrected chi connectivity index (χ0v) is 13.9. The predicted octanol–water partition coefficient (Wildman–Crippen LogP) is 1.97. The van der Waals surface area contributed by atoms with Crippen LogP contribution in [0.15, 0.2) is 30.3 Å². The zero-order chi connectivity index (χ0) is 15.8. The maximum Gasteiger partial charge on any atom is 0.234 e. The van der Waals surface area contributed by atoms with Crippen molar-refractivity contribution < 1.29 is 4.79 Å². The van der Waals surface area contributed by atoms with Gasteiger partial charge in [-0.25, -0.2) is 0 Å². The molecule has 1 heterocycles. The molecule has 0 aliphatic carbocycles. The van der Waals surface area contributed by atoms with Crippen molar-refractivity contribution in [3.05, 3.63) is 35.9 Å². The van der Waals surface area contributed by atoms with Gasteiger partial charge in [-0.2, -0.15) is 0 Å². The van der Waals surface area contributed by atoms with E-state index < -0.39 is 0 Å². The maximum absolute atomic E-state index is 11.9. The summed E-state index contributed by atoms with van der Waals surface area (Å²) >= 11 is 0. The second kappa shape index (κ2) is 8.91. The van der Waals surface area contributed by atoms with Crippen LogP contribution in [-0.4, -0.2) is 55.0 Å². The highest BCUT2D eigenvalue weighted by molar-refractivity contribution is 5.77. The first kappa shape index (κ1) is 17.0. The van der Waals surface area contributed by atoms with E-state index in [2.05, 4.69) is 59.3 Å². The van der Waals surface area contributed by atoms with Gasteiger partial charge in [-0.3, -0.25) is 14.6 Å². The molecule has 4 heteroatoms. The summed E-state index contributed by atoms with van der Waals surface area (Å²) in [7, 11) is 0. The second-order valence-electron chi connectivity index (χ2n) is 6.57. The van der Waals surface area contributed by atoms with Crippen LogP contribution >= 0.6 is 0 Å². The Balaban J connectivity index is 1.63. The van der Waals surface area contributed by atoms with Crippen molar-refractivity contribution in [3.8, 4) is 0 Å². The largest absolute Gasteiger partial charge is 0.355 e. The van der Waals surface area contributed by atoms with Crippen LogP contribution in [-0.2, 0) is 11.3 Å². The lowest BCUT2D eigenvalue weighted by Crippen LogP contribution is -2.49. The first-order chi connectivity index (χ1) is 10.6. The summed E-state index contributed by atoms with van der Waals surface area (Å²) in [5.41, 5.74) is 1.36. The number of nitrogens with one attached hydrogen (secondary N) is 1. The molecule has 4 nitrogen and oxygen atoms in total. The average molecular weight is 303 g/mol. The first-order valence-electron chi connectivity index (χ1n) is 8.39. The first-order valence-corrected chi connectivity index (χ1v) is 8.39. The number of nitrogens with zero attached hydrogens (tertiary/aromatic N) is 2. The summed E-state index contributed by atoms with van der Waals surface area (Å²) in [5, 5.41) is 3.02. The molecule has 1 aliphatic rings. The molecule has 0 spiro atoms. The Morgan fingerprint density at radius 2 is 1.73 bits per heavy atom. The van der Waals surface area contributed by atoms with Crippen molar-refractivity contribution in [2.45, 2.75) is 26.8 Å². The van der Waals surface area contributed by atoms with Crippen molar-refractivity contribution in [2.75, 3.05) is 39.3 Å². The summed E-state index contributed by atoms with van der Waals surface area (Å²) in [5.74, 6) is 0.805. The molecule has 2 rings (SSSR count). The summed E-state index contributed by atoms with van der Waals surface area (Å²) in [6, 6.07) is 10.6. The van der Waals surface area contributed by atoms with Gasteiger partial charge in [-0.05, 0) is 17.9 Å². The summed E-state index contributed by atoms with van der Waals surface area (Å²) in [4.78, 5) is 16.6. The third-order valence-electron chi connectivity index (χ3n) is 4.12. The van der Waals surface area contributed by atoms with Crippen LogP contribution in [0.4, 0.5) is 0 Å². The number of carbonyl (C=O) groups excluding carboxylic acids is 1. The fourth-order valence-corrected chi connectivity index (χ4v) is 2.71. The summed E-state index contributed by atoms with van der Waals surface area (Å²) in [6.45, 7) is 10.7. The minimum atomic E-state index is 0.164. The molecule has 1 aliphatic heterocycles. The lowest BCUT2D eigenvalue weighted by molar-refractivity contribution is -0.122. The lowest BCUT2D eigenvalue weighted by atomic mass is 10.1. The molecule has 1 aromatic rings. The number of hydrogen-bond donors (Lipinski definition) is 1. The SMILES string of the molecule is CC(C)CCNC(=O)CN1CCN(Cc2ccccc2)CC1. The van der Waals surface area contributed by atoms with Crippen molar-refractivity contribution in [2.24, 2.45) is 5.92 Å². The highest BCUT2D eigenvalue weighted by Gasteiger charge is 2.18. The van der Waals surface area contributed by atoms with E-state index in [-0.39, 0.29) is 5.91 Å². The maximum atomic E-state index is 11.9. The van der Waals surface area contributed by atoms with Crippen molar-refractivity contribution in [1.29, 1.82) is 0 Å². The number of benzene rings is 1. The van der Waals surface area contributed by atoms with Gasteiger partial charge in [0.2, 0.25) is 5.91 Å². The molecule has 1 fully saturated rings. The van der Waals surface area contributed by atoms with E-state index in [9.17, 15) is 4.79 Å². The van der Waals surface area contributed by atoms with E-state index in [0.29, 0.717) is 12.5 Å². The summed E-state index contributed by atoms with van der Waals surface area (Å²) < 4.78 is 0. The highest BCUT2D eigenvalue weighted by Crippen LogP contribution is 2.08. The van der Waals surface area contributed by atoms with Crippen LogP contribution in [0.3, 0.4) is 0 Å². The monoisotopic (exact) mass is 303 g/mol. The van der Waals surface area contributed by atoms with Gasteiger partial charge >= 0.3 is 0 Å². The van der Waals surface area contributed by atoms with Gasteiger partial charge in [-0.1, -0.05) is 44.2 Å². The smallest absolute Gasteiger partial charge is 0.234 e. The quantitative estimate of drug-likeness (QED) is 0.836. The predicted molar refractivity (Wildman–Crippen MR) is 90.6 cm³/mol.